The molecular formula is C12H16NO2. The first-order chi connectivity index (χ1) is 7.11. The van der Waals surface area contributed by atoms with Crippen LogP contribution in [0.3, 0.4) is 0 Å². The molecule has 0 saturated carbocycles. The number of nitrogens with zero attached hydrogens (tertiary/aromatic N) is 1. The van der Waals surface area contributed by atoms with Gasteiger partial charge in [0.05, 0.1) is 4.92 Å². The van der Waals surface area contributed by atoms with Gasteiger partial charge in [-0.15, -0.1) is 0 Å². The van der Waals surface area contributed by atoms with Gasteiger partial charge in [0.25, 0.3) is 5.69 Å². The molecule has 0 aliphatic heterocycles. The summed E-state index contributed by atoms with van der Waals surface area (Å²) in [6.45, 7) is 5.85. The van der Waals surface area contributed by atoms with Crippen LogP contribution < -0.4 is 0 Å². The molecule has 0 spiro atoms. The zero-order chi connectivity index (χ0) is 11.4. The molecule has 1 rings (SSSR count). The molecule has 3 nitrogen and oxygen atoms in total. The first-order valence-electron chi connectivity index (χ1n) is 5.29. The van der Waals surface area contributed by atoms with Gasteiger partial charge in [0.2, 0.25) is 0 Å². The van der Waals surface area contributed by atoms with Crippen molar-refractivity contribution in [3.63, 3.8) is 0 Å². The Morgan fingerprint density at radius 1 is 1.47 bits per heavy atom. The predicted molar refractivity (Wildman–Crippen MR) is 60.0 cm³/mol. The Hall–Kier alpha value is -1.38. The molecule has 3 heteroatoms. The average Bonchev–Trinajstić information content (AvgIpc) is 2.20. The van der Waals surface area contributed by atoms with Crippen molar-refractivity contribution in [2.75, 3.05) is 0 Å². The van der Waals surface area contributed by atoms with Gasteiger partial charge in [0.1, 0.15) is 0 Å². The molecule has 0 N–H and O–H groups in total. The van der Waals surface area contributed by atoms with Crippen molar-refractivity contribution in [1.29, 1.82) is 0 Å². The van der Waals surface area contributed by atoms with Crippen LogP contribution in [0.4, 0.5) is 5.69 Å². The van der Waals surface area contributed by atoms with Crippen LogP contribution in [0.25, 0.3) is 0 Å². The Morgan fingerprint density at radius 2 is 2.13 bits per heavy atom. The van der Waals surface area contributed by atoms with Gasteiger partial charge in [-0.3, -0.25) is 10.1 Å². The monoisotopic (exact) mass is 206 g/mol. The number of aryl methyl sites for hydroxylation is 2. The molecular weight excluding hydrogens is 190 g/mol. The van der Waals surface area contributed by atoms with Crippen molar-refractivity contribution in [3.8, 4) is 0 Å². The van der Waals surface area contributed by atoms with E-state index in [-0.39, 0.29) is 4.92 Å². The minimum atomic E-state index is -0.259. The molecule has 0 bridgehead atoms. The van der Waals surface area contributed by atoms with Gasteiger partial charge in [0, 0.05) is 11.1 Å². The van der Waals surface area contributed by atoms with Crippen molar-refractivity contribution in [3.05, 3.63) is 38.9 Å². The number of hydrogen-bond donors (Lipinski definition) is 0. The van der Waals surface area contributed by atoms with E-state index >= 15 is 0 Å². The minimum Gasteiger partial charge on any atom is -0.258 e. The smallest absolute Gasteiger partial charge is 0.258 e. The van der Waals surface area contributed by atoms with Crippen LogP contribution in [-0.2, 0) is 12.8 Å². The van der Waals surface area contributed by atoms with E-state index in [2.05, 4.69) is 6.07 Å². The lowest BCUT2D eigenvalue weighted by atomic mass is 9.97. The fraction of sp³-hybridized carbons (Fsp3) is 0.500. The van der Waals surface area contributed by atoms with Crippen LogP contribution in [-0.4, -0.2) is 4.92 Å². The summed E-state index contributed by atoms with van der Waals surface area (Å²) in [4.78, 5) is 10.8. The lowest BCUT2D eigenvalue weighted by Gasteiger charge is -2.08. The van der Waals surface area contributed by atoms with E-state index in [4.69, 9.17) is 0 Å². The summed E-state index contributed by atoms with van der Waals surface area (Å²) in [5, 5.41) is 11.0. The summed E-state index contributed by atoms with van der Waals surface area (Å²) in [5.74, 6) is 0. The second-order valence-electron chi connectivity index (χ2n) is 3.63. The van der Waals surface area contributed by atoms with Crippen molar-refractivity contribution in [2.45, 2.75) is 40.0 Å². The summed E-state index contributed by atoms with van der Waals surface area (Å²) in [7, 11) is 0. The van der Waals surface area contributed by atoms with Crippen LogP contribution in [0.5, 0.6) is 0 Å². The molecule has 15 heavy (non-hydrogen) atoms. The number of nitro groups is 1. The fourth-order valence-electron chi connectivity index (χ4n) is 1.78. The Labute approximate surface area is 90.3 Å². The Kier molecular flexibility index (Phi) is 3.83. The molecule has 1 aromatic rings. The Bertz CT molecular complexity index is 372. The third kappa shape index (κ3) is 2.35. The normalized spacial score (nSPS) is 10.3. The molecule has 0 aromatic heterocycles. The summed E-state index contributed by atoms with van der Waals surface area (Å²) in [6.07, 6.45) is 2.36. The molecule has 0 heterocycles. The first-order valence-corrected chi connectivity index (χ1v) is 5.29. The largest absolute Gasteiger partial charge is 0.276 e. The van der Waals surface area contributed by atoms with E-state index in [1.807, 2.05) is 20.8 Å². The maximum atomic E-state index is 11.0. The van der Waals surface area contributed by atoms with Crippen molar-refractivity contribution < 1.29 is 4.92 Å². The van der Waals surface area contributed by atoms with E-state index < -0.39 is 0 Å². The van der Waals surface area contributed by atoms with Crippen molar-refractivity contribution in [2.24, 2.45) is 0 Å². The quantitative estimate of drug-likeness (QED) is 0.560. The molecule has 0 aliphatic carbocycles. The van der Waals surface area contributed by atoms with Gasteiger partial charge < -0.3 is 0 Å². The van der Waals surface area contributed by atoms with E-state index in [1.54, 1.807) is 6.07 Å². The van der Waals surface area contributed by atoms with E-state index in [0.717, 1.165) is 29.5 Å². The summed E-state index contributed by atoms with van der Waals surface area (Å²) in [6, 6.07) is 4.84. The van der Waals surface area contributed by atoms with E-state index in [9.17, 15) is 10.1 Å². The number of benzene rings is 1. The van der Waals surface area contributed by atoms with Crippen LogP contribution in [0, 0.1) is 23.1 Å². The van der Waals surface area contributed by atoms with Gasteiger partial charge in [-0.25, -0.2) is 0 Å². The molecule has 0 unspecified atom stereocenters. The highest BCUT2D eigenvalue weighted by molar-refractivity contribution is 5.51. The fourth-order valence-corrected chi connectivity index (χ4v) is 1.78. The maximum absolute atomic E-state index is 11.0. The number of rotatable bonds is 4. The van der Waals surface area contributed by atoms with Crippen LogP contribution in [0.2, 0.25) is 0 Å². The summed E-state index contributed by atoms with van der Waals surface area (Å²) < 4.78 is 0. The zero-order valence-electron chi connectivity index (χ0n) is 9.46. The molecule has 0 aliphatic rings. The maximum Gasteiger partial charge on any atom is 0.276 e. The second kappa shape index (κ2) is 4.91. The van der Waals surface area contributed by atoms with Crippen LogP contribution in [0.1, 0.15) is 37.0 Å². The van der Waals surface area contributed by atoms with Crippen molar-refractivity contribution >= 4 is 5.69 Å². The lowest BCUT2D eigenvalue weighted by Crippen LogP contribution is -2.02. The highest BCUT2D eigenvalue weighted by atomic mass is 16.6. The zero-order valence-corrected chi connectivity index (χ0v) is 9.46. The number of hydrogen-bond acceptors (Lipinski definition) is 2. The SMILES string of the molecule is CCCc1c(C)[c]cc(CC)c1[N+](=O)[O-]. The third-order valence-electron chi connectivity index (χ3n) is 2.57. The van der Waals surface area contributed by atoms with Gasteiger partial charge in [-0.05, 0) is 37.5 Å². The molecule has 0 saturated heterocycles. The highest BCUT2D eigenvalue weighted by Gasteiger charge is 2.19. The molecule has 0 atom stereocenters. The molecule has 0 fully saturated rings. The Balaban J connectivity index is 3.36. The summed E-state index contributed by atoms with van der Waals surface area (Å²) in [5.41, 5.74) is 2.84. The van der Waals surface area contributed by atoms with Crippen LogP contribution in [0.15, 0.2) is 6.07 Å². The van der Waals surface area contributed by atoms with Crippen LogP contribution >= 0.6 is 0 Å². The van der Waals surface area contributed by atoms with Crippen molar-refractivity contribution in [1.82, 2.24) is 0 Å². The molecule has 0 amide bonds. The first kappa shape index (κ1) is 11.7. The standard InChI is InChI=1S/C12H16NO2/c1-4-6-11-9(3)7-8-10(5-2)12(11)13(14)15/h8H,4-6H2,1-3H3. The molecule has 81 valence electrons. The molecule has 1 aromatic carbocycles. The average molecular weight is 206 g/mol. The predicted octanol–water partition coefficient (Wildman–Crippen LogP) is 3.22. The van der Waals surface area contributed by atoms with Gasteiger partial charge in [0.15, 0.2) is 0 Å². The topological polar surface area (TPSA) is 43.1 Å². The van der Waals surface area contributed by atoms with E-state index in [0.29, 0.717) is 12.1 Å². The second-order valence-corrected chi connectivity index (χ2v) is 3.63. The van der Waals surface area contributed by atoms with Gasteiger partial charge in [-0.2, -0.15) is 0 Å². The Morgan fingerprint density at radius 3 is 2.60 bits per heavy atom. The lowest BCUT2D eigenvalue weighted by molar-refractivity contribution is -0.386. The minimum absolute atomic E-state index is 0.259. The highest BCUT2D eigenvalue weighted by Crippen LogP contribution is 2.28. The van der Waals surface area contributed by atoms with Gasteiger partial charge >= 0.3 is 0 Å². The third-order valence-corrected chi connectivity index (χ3v) is 2.57. The summed E-state index contributed by atoms with van der Waals surface area (Å²) >= 11 is 0. The molecule has 1 radical (unpaired) electrons. The van der Waals surface area contributed by atoms with Gasteiger partial charge in [-0.1, -0.05) is 20.3 Å². The number of nitro benzene ring substituents is 1. The van der Waals surface area contributed by atoms with E-state index in [1.165, 1.54) is 0 Å².